The number of ether oxygens (including phenoxy) is 1. The Kier molecular flexibility index (Phi) is 8.80. The first kappa shape index (κ1) is 34.9. The zero-order valence-corrected chi connectivity index (χ0v) is 30.4. The van der Waals surface area contributed by atoms with E-state index in [0.29, 0.717) is 38.0 Å². The highest BCUT2D eigenvalue weighted by molar-refractivity contribution is 5.93. The van der Waals surface area contributed by atoms with Gasteiger partial charge in [-0.3, -0.25) is 4.79 Å². The molecule has 8 rings (SSSR count). The number of aliphatic hydroxyl groups is 1. The molecule has 11 nitrogen and oxygen atoms in total. The van der Waals surface area contributed by atoms with E-state index in [4.69, 9.17) is 14.3 Å². The summed E-state index contributed by atoms with van der Waals surface area (Å²) in [7, 11) is 0. The molecular formula is C42H47N5O6. The lowest BCUT2D eigenvalue weighted by atomic mass is 9.45. The van der Waals surface area contributed by atoms with Gasteiger partial charge >= 0.3 is 12.0 Å². The number of benzene rings is 2. The van der Waals surface area contributed by atoms with Crippen LogP contribution in [0.2, 0.25) is 0 Å². The van der Waals surface area contributed by atoms with Gasteiger partial charge in [0.15, 0.2) is 5.60 Å². The second kappa shape index (κ2) is 13.4. The van der Waals surface area contributed by atoms with Crippen molar-refractivity contribution in [3.05, 3.63) is 107 Å². The number of hydrogen-bond donors (Lipinski definition) is 4. The molecule has 4 unspecified atom stereocenters. The number of urea groups is 1. The van der Waals surface area contributed by atoms with Crippen molar-refractivity contribution in [3.63, 3.8) is 0 Å². The van der Waals surface area contributed by atoms with Crippen molar-refractivity contribution < 1.29 is 28.6 Å². The molecule has 2 aromatic carbocycles. The lowest BCUT2D eigenvalue weighted by Gasteiger charge is -2.60. The molecule has 2 aromatic heterocycles. The maximum absolute atomic E-state index is 14.5. The van der Waals surface area contributed by atoms with Crippen LogP contribution < -0.4 is 16.0 Å². The number of amides is 3. The number of allylic oxidation sites excluding steroid dienone is 1. The summed E-state index contributed by atoms with van der Waals surface area (Å²) >= 11 is 0. The van der Waals surface area contributed by atoms with E-state index < -0.39 is 23.1 Å². The van der Waals surface area contributed by atoms with Gasteiger partial charge in [-0.1, -0.05) is 55.8 Å². The molecule has 4 N–H and O–H groups in total. The number of fused-ring (bicyclic) bond motifs is 6. The molecule has 0 radical (unpaired) electrons. The fourth-order valence-electron chi connectivity index (χ4n) is 10.5. The predicted molar refractivity (Wildman–Crippen MR) is 199 cm³/mol. The predicted octanol–water partition coefficient (Wildman–Crippen LogP) is 6.67. The largest absolute Gasteiger partial charge is 0.457 e. The minimum absolute atomic E-state index is 0.0463. The number of aromatic nitrogens is 2. The number of carbonyl (C=O) groups is 3. The van der Waals surface area contributed by atoms with E-state index in [-0.39, 0.29) is 40.9 Å². The van der Waals surface area contributed by atoms with Gasteiger partial charge in [-0.2, -0.15) is 5.10 Å². The van der Waals surface area contributed by atoms with Crippen LogP contribution >= 0.6 is 0 Å². The van der Waals surface area contributed by atoms with Crippen molar-refractivity contribution in [3.8, 4) is 5.69 Å². The molecule has 0 aliphatic heterocycles. The van der Waals surface area contributed by atoms with Crippen LogP contribution in [0.3, 0.4) is 0 Å². The third kappa shape index (κ3) is 5.76. The minimum atomic E-state index is -1.49. The number of esters is 1. The highest BCUT2D eigenvalue weighted by Gasteiger charge is 2.71. The fraction of sp³-hybridized carbons (Fsp3) is 0.429. The zero-order chi connectivity index (χ0) is 37.0. The van der Waals surface area contributed by atoms with Crippen molar-refractivity contribution in [2.75, 3.05) is 11.9 Å². The van der Waals surface area contributed by atoms with Gasteiger partial charge in [-0.15, -0.1) is 0 Å². The lowest BCUT2D eigenvalue weighted by Crippen LogP contribution is -2.64. The first-order chi connectivity index (χ1) is 25.6. The fourth-order valence-corrected chi connectivity index (χ4v) is 10.5. The minimum Gasteiger partial charge on any atom is -0.457 e. The standard InChI is InChI=1S/C42H47N5O6/c1-4-43-39(51)46-29-12-8-13-30(21-29)47-33-20-28-15-16-31-32-17-18-42(53-37(49)35-14-9-19-52-35,38(50)44-24-26-10-6-5-7-11-26)41(32,3)23-34(48)36(31)40(28,2)22-27(33)25-45-47/h5-14,19-21,25,31-32,34,36,48H,4,15-18,22-24H2,1-3H3,(H,44,50)(H2,43,46,51)/t31?,32?,34?,36?,40-,41-,42-/m0/s1. The zero-order valence-electron chi connectivity index (χ0n) is 30.4. The summed E-state index contributed by atoms with van der Waals surface area (Å²) < 4.78 is 13.7. The summed E-state index contributed by atoms with van der Waals surface area (Å²) in [4.78, 5) is 40.3. The summed E-state index contributed by atoms with van der Waals surface area (Å²) in [6.07, 6.45) is 8.68. The number of hydrogen-bond acceptors (Lipinski definition) is 7. The third-order valence-electron chi connectivity index (χ3n) is 12.9. The molecule has 53 heavy (non-hydrogen) atoms. The van der Waals surface area contributed by atoms with Crippen LogP contribution in [0, 0.1) is 28.6 Å². The number of furan rings is 1. The quantitative estimate of drug-likeness (QED) is 0.149. The molecule has 0 bridgehead atoms. The molecule has 11 heteroatoms. The van der Waals surface area contributed by atoms with Gasteiger partial charge in [0, 0.05) is 24.2 Å². The Morgan fingerprint density at radius 2 is 1.87 bits per heavy atom. The van der Waals surface area contributed by atoms with Crippen molar-refractivity contribution >= 4 is 29.7 Å². The maximum Gasteiger partial charge on any atom is 0.375 e. The first-order valence-electron chi connectivity index (χ1n) is 18.8. The topological polar surface area (TPSA) is 148 Å². The molecule has 0 spiro atoms. The van der Waals surface area contributed by atoms with E-state index in [2.05, 4.69) is 29.0 Å². The van der Waals surface area contributed by atoms with Gasteiger partial charge in [0.2, 0.25) is 5.76 Å². The summed E-state index contributed by atoms with van der Waals surface area (Å²) in [5.41, 5.74) is 3.26. The molecule has 2 heterocycles. The summed E-state index contributed by atoms with van der Waals surface area (Å²) in [6.45, 7) is 7.04. The molecule has 3 amide bonds. The average Bonchev–Trinajstić information content (AvgIpc) is 3.89. The molecular weight excluding hydrogens is 670 g/mol. The van der Waals surface area contributed by atoms with Crippen LogP contribution in [0.25, 0.3) is 11.8 Å². The molecule has 3 saturated carbocycles. The van der Waals surface area contributed by atoms with Gasteiger partial charge in [0.1, 0.15) is 0 Å². The van der Waals surface area contributed by atoms with Gasteiger partial charge in [0.25, 0.3) is 5.91 Å². The molecule has 276 valence electrons. The summed E-state index contributed by atoms with van der Waals surface area (Å²) in [5, 5.41) is 25.9. The van der Waals surface area contributed by atoms with Crippen LogP contribution in [0.4, 0.5) is 10.5 Å². The van der Waals surface area contributed by atoms with Crippen LogP contribution in [-0.2, 0) is 22.5 Å². The Morgan fingerprint density at radius 1 is 1.04 bits per heavy atom. The number of anilines is 1. The maximum atomic E-state index is 14.5. The Labute approximate surface area is 309 Å². The van der Waals surface area contributed by atoms with Crippen molar-refractivity contribution in [1.82, 2.24) is 20.4 Å². The molecule has 4 aromatic rings. The Bertz CT molecular complexity index is 2060. The molecule has 0 saturated heterocycles. The van der Waals surface area contributed by atoms with Crippen LogP contribution in [-0.4, -0.2) is 51.0 Å². The van der Waals surface area contributed by atoms with E-state index in [9.17, 15) is 19.5 Å². The third-order valence-corrected chi connectivity index (χ3v) is 12.9. The first-order valence-corrected chi connectivity index (χ1v) is 18.8. The summed E-state index contributed by atoms with van der Waals surface area (Å²) in [5.74, 6) is -0.849. The smallest absolute Gasteiger partial charge is 0.375 e. The number of rotatable bonds is 8. The van der Waals surface area contributed by atoms with Gasteiger partial charge in [-0.05, 0) is 116 Å². The van der Waals surface area contributed by atoms with Crippen molar-refractivity contribution in [2.45, 2.75) is 77.5 Å². The van der Waals surface area contributed by atoms with Crippen molar-refractivity contribution in [1.29, 1.82) is 0 Å². The van der Waals surface area contributed by atoms with E-state index >= 15 is 0 Å². The second-order valence-corrected chi connectivity index (χ2v) is 15.7. The van der Waals surface area contributed by atoms with Crippen LogP contribution in [0.5, 0.6) is 0 Å². The highest BCUT2D eigenvalue weighted by Crippen LogP contribution is 2.68. The van der Waals surface area contributed by atoms with Gasteiger partial charge in [-0.25, -0.2) is 14.3 Å². The average molecular weight is 718 g/mol. The number of nitrogens with one attached hydrogen (secondary N) is 3. The monoisotopic (exact) mass is 717 g/mol. The number of carbonyl (C=O) groups excluding carboxylic acids is 3. The number of nitrogens with zero attached hydrogens (tertiary/aromatic N) is 2. The number of aliphatic hydroxyl groups excluding tert-OH is 1. The van der Waals surface area contributed by atoms with E-state index in [0.717, 1.165) is 41.8 Å². The molecule has 3 fully saturated rings. The Balaban J connectivity index is 1.09. The molecule has 7 atom stereocenters. The lowest BCUT2D eigenvalue weighted by molar-refractivity contribution is -0.182. The Morgan fingerprint density at radius 3 is 2.64 bits per heavy atom. The highest BCUT2D eigenvalue weighted by atomic mass is 16.6. The van der Waals surface area contributed by atoms with E-state index in [1.54, 1.807) is 12.1 Å². The SMILES string of the molecule is CCNC(=O)Nc1cccc(-n2ncc3c2C=C2CCC4C(C(O)C[C@@]5(C)C4CC[C@]5(OC(=O)c4ccco4)C(=O)NCc4ccccc4)[C@@]2(C)C3)c1. The summed E-state index contributed by atoms with van der Waals surface area (Å²) in [6, 6.07) is 20.3. The second-order valence-electron chi connectivity index (χ2n) is 15.7. The van der Waals surface area contributed by atoms with Crippen LogP contribution in [0.15, 0.2) is 89.2 Å². The van der Waals surface area contributed by atoms with E-state index in [1.807, 2.05) is 79.3 Å². The molecule has 4 aliphatic rings. The normalized spacial score (nSPS) is 29.8. The molecule has 4 aliphatic carbocycles. The Hall–Kier alpha value is -5.16. The van der Waals surface area contributed by atoms with Gasteiger partial charge < -0.3 is 30.2 Å². The van der Waals surface area contributed by atoms with Crippen LogP contribution in [0.1, 0.15) is 80.3 Å². The van der Waals surface area contributed by atoms with Gasteiger partial charge in [0.05, 0.1) is 29.9 Å². The van der Waals surface area contributed by atoms with Crippen molar-refractivity contribution in [2.24, 2.45) is 28.6 Å². The van der Waals surface area contributed by atoms with E-state index in [1.165, 1.54) is 11.8 Å².